The fourth-order valence-electron chi connectivity index (χ4n) is 4.21. The van der Waals surface area contributed by atoms with Crippen LogP contribution in [-0.4, -0.2) is 35.5 Å². The summed E-state index contributed by atoms with van der Waals surface area (Å²) in [5, 5.41) is 8.20. The molecule has 0 atom stereocenters. The van der Waals surface area contributed by atoms with E-state index in [9.17, 15) is 14.0 Å². The van der Waals surface area contributed by atoms with Crippen molar-refractivity contribution in [3.8, 4) is 0 Å². The molecule has 2 N–H and O–H groups in total. The number of rotatable bonds is 7. The van der Waals surface area contributed by atoms with Gasteiger partial charge in [0, 0.05) is 28.2 Å². The molecule has 10 heteroatoms. The Morgan fingerprint density at radius 1 is 0.974 bits per heavy atom. The third-order valence-electron chi connectivity index (χ3n) is 6.44. The molecule has 1 heterocycles. The van der Waals surface area contributed by atoms with Gasteiger partial charge in [-0.2, -0.15) is 5.10 Å². The number of nitrogens with zero attached hydrogens (tertiary/aromatic N) is 2. The molecule has 3 aromatic carbocycles. The van der Waals surface area contributed by atoms with E-state index in [4.69, 9.17) is 34.8 Å². The highest BCUT2D eigenvalue weighted by Gasteiger charge is 2.25. The smallest absolute Gasteiger partial charge is 0.257 e. The van der Waals surface area contributed by atoms with Crippen molar-refractivity contribution in [3.63, 3.8) is 0 Å². The van der Waals surface area contributed by atoms with Gasteiger partial charge < -0.3 is 5.32 Å². The summed E-state index contributed by atoms with van der Waals surface area (Å²) in [7, 11) is 0. The highest BCUT2D eigenvalue weighted by Crippen LogP contribution is 2.24. The topological polar surface area (TPSA) is 73.8 Å². The largest absolute Gasteiger partial charge is 0.322 e. The van der Waals surface area contributed by atoms with Crippen LogP contribution in [0.3, 0.4) is 0 Å². The number of hydrogen-bond donors (Lipinski definition) is 2. The standard InChI is InChI=1S/C28H26Cl3FN4O2/c1-17(18-3-7-23(8-4-18)33-28(38)24-9-5-21(29)14-26(24)31)34-35-27(37)19-10-12-36(13-11-19)16-20-2-6-22(32)15-25(20)30/h2-9,14-15,19H,10-13,16H2,1H3,(H,33,38)(H,35,37)/b34-17-. The molecular weight excluding hydrogens is 550 g/mol. The van der Waals surface area contributed by atoms with Crippen molar-refractivity contribution < 1.29 is 14.0 Å². The number of carbonyl (C=O) groups is 2. The van der Waals surface area contributed by atoms with Gasteiger partial charge in [0.05, 0.1) is 16.3 Å². The number of piperidine rings is 1. The number of carbonyl (C=O) groups excluding carboxylic acids is 2. The molecule has 4 rings (SSSR count). The molecule has 1 fully saturated rings. The molecule has 0 aliphatic carbocycles. The van der Waals surface area contributed by atoms with Gasteiger partial charge in [-0.1, -0.05) is 53.0 Å². The van der Waals surface area contributed by atoms with Crippen LogP contribution in [0, 0.1) is 11.7 Å². The summed E-state index contributed by atoms with van der Waals surface area (Å²) in [6.45, 7) is 3.90. The van der Waals surface area contributed by atoms with Gasteiger partial charge in [-0.15, -0.1) is 0 Å². The molecule has 198 valence electrons. The van der Waals surface area contributed by atoms with Crippen LogP contribution in [-0.2, 0) is 11.3 Å². The fourth-order valence-corrected chi connectivity index (χ4v) is 4.93. The average molecular weight is 576 g/mol. The molecule has 1 saturated heterocycles. The number of anilines is 1. The second kappa shape index (κ2) is 12.7. The first-order valence-electron chi connectivity index (χ1n) is 12.1. The van der Waals surface area contributed by atoms with Gasteiger partial charge in [0.1, 0.15) is 5.82 Å². The van der Waals surface area contributed by atoms with E-state index in [1.165, 1.54) is 18.2 Å². The number of hydrogen-bond acceptors (Lipinski definition) is 4. The fraction of sp³-hybridized carbons (Fsp3) is 0.250. The Kier molecular flexibility index (Phi) is 9.39. The number of halogens is 4. The second-order valence-electron chi connectivity index (χ2n) is 9.12. The summed E-state index contributed by atoms with van der Waals surface area (Å²) in [4.78, 5) is 27.4. The summed E-state index contributed by atoms with van der Waals surface area (Å²) in [6, 6.07) is 16.2. The highest BCUT2D eigenvalue weighted by atomic mass is 35.5. The minimum Gasteiger partial charge on any atom is -0.322 e. The lowest BCUT2D eigenvalue weighted by molar-refractivity contribution is -0.126. The Labute approximate surface area is 235 Å². The first-order chi connectivity index (χ1) is 18.2. The summed E-state index contributed by atoms with van der Waals surface area (Å²) >= 11 is 18.1. The number of hydrazone groups is 1. The van der Waals surface area contributed by atoms with E-state index in [1.54, 1.807) is 37.3 Å². The Balaban J connectivity index is 1.26. The molecule has 0 bridgehead atoms. The lowest BCUT2D eigenvalue weighted by Crippen LogP contribution is -2.39. The first kappa shape index (κ1) is 28.0. The zero-order valence-corrected chi connectivity index (χ0v) is 22.9. The minimum atomic E-state index is -0.354. The molecule has 1 aliphatic rings. The molecule has 1 aliphatic heterocycles. The van der Waals surface area contributed by atoms with Crippen molar-refractivity contribution in [3.05, 3.63) is 98.2 Å². The average Bonchev–Trinajstić information content (AvgIpc) is 2.89. The van der Waals surface area contributed by atoms with E-state index < -0.39 is 0 Å². The monoisotopic (exact) mass is 574 g/mol. The zero-order chi connectivity index (χ0) is 27.2. The molecular formula is C28H26Cl3FN4O2. The maximum absolute atomic E-state index is 13.3. The van der Waals surface area contributed by atoms with Crippen LogP contribution in [0.15, 0.2) is 65.8 Å². The normalized spacial score (nSPS) is 14.8. The third kappa shape index (κ3) is 7.32. The SMILES string of the molecule is C/C(=N/NC(=O)C1CCN(Cc2ccc(F)cc2Cl)CC1)c1ccc(NC(=O)c2ccc(Cl)cc2Cl)cc1. The van der Waals surface area contributed by atoms with Crippen LogP contribution in [0.5, 0.6) is 0 Å². The van der Waals surface area contributed by atoms with Crippen LogP contribution in [0.1, 0.15) is 41.3 Å². The van der Waals surface area contributed by atoms with Crippen molar-refractivity contribution in [2.75, 3.05) is 18.4 Å². The van der Waals surface area contributed by atoms with E-state index in [1.807, 2.05) is 12.1 Å². The minimum absolute atomic E-state index is 0.118. The molecule has 38 heavy (non-hydrogen) atoms. The molecule has 0 unspecified atom stereocenters. The van der Waals surface area contributed by atoms with Crippen LogP contribution in [0.4, 0.5) is 10.1 Å². The Morgan fingerprint density at radius 3 is 2.34 bits per heavy atom. The van der Waals surface area contributed by atoms with Crippen LogP contribution in [0.25, 0.3) is 0 Å². The van der Waals surface area contributed by atoms with Gasteiger partial charge in [-0.3, -0.25) is 14.5 Å². The Bertz CT molecular complexity index is 1360. The second-order valence-corrected chi connectivity index (χ2v) is 10.4. The van der Waals surface area contributed by atoms with Crippen molar-refractivity contribution in [2.24, 2.45) is 11.0 Å². The summed E-state index contributed by atoms with van der Waals surface area (Å²) < 4.78 is 13.3. The highest BCUT2D eigenvalue weighted by molar-refractivity contribution is 6.37. The van der Waals surface area contributed by atoms with Crippen LogP contribution in [0.2, 0.25) is 15.1 Å². The van der Waals surface area contributed by atoms with E-state index in [0.29, 0.717) is 46.4 Å². The number of nitrogens with one attached hydrogen (secondary N) is 2. The molecule has 2 amide bonds. The summed E-state index contributed by atoms with van der Waals surface area (Å²) in [5.41, 5.74) is 5.91. The Morgan fingerprint density at radius 2 is 1.68 bits per heavy atom. The predicted octanol–water partition coefficient (Wildman–Crippen LogP) is 6.79. The maximum Gasteiger partial charge on any atom is 0.257 e. The molecule has 3 aromatic rings. The molecule has 0 radical (unpaired) electrons. The van der Waals surface area contributed by atoms with Crippen molar-refractivity contribution in [2.45, 2.75) is 26.3 Å². The van der Waals surface area contributed by atoms with E-state index in [-0.39, 0.29) is 28.6 Å². The van der Waals surface area contributed by atoms with Gasteiger partial charge in [-0.05, 0) is 86.4 Å². The maximum atomic E-state index is 13.3. The Hall–Kier alpha value is -2.97. The molecule has 0 saturated carbocycles. The van der Waals surface area contributed by atoms with Crippen LogP contribution < -0.4 is 10.7 Å². The molecule has 6 nitrogen and oxygen atoms in total. The molecule has 0 spiro atoms. The first-order valence-corrected chi connectivity index (χ1v) is 13.2. The lowest BCUT2D eigenvalue weighted by atomic mass is 9.96. The van der Waals surface area contributed by atoms with Crippen molar-refractivity contribution in [1.82, 2.24) is 10.3 Å². The van der Waals surface area contributed by atoms with E-state index in [0.717, 1.165) is 24.2 Å². The summed E-state index contributed by atoms with van der Waals surface area (Å²) in [5.74, 6) is -0.951. The van der Waals surface area contributed by atoms with Gasteiger partial charge in [0.15, 0.2) is 0 Å². The lowest BCUT2D eigenvalue weighted by Gasteiger charge is -2.31. The number of likely N-dealkylation sites (tertiary alicyclic amines) is 1. The number of amides is 2. The third-order valence-corrected chi connectivity index (χ3v) is 7.34. The quantitative estimate of drug-likeness (QED) is 0.241. The van der Waals surface area contributed by atoms with E-state index >= 15 is 0 Å². The van der Waals surface area contributed by atoms with Gasteiger partial charge in [-0.25, -0.2) is 9.82 Å². The zero-order valence-electron chi connectivity index (χ0n) is 20.6. The van der Waals surface area contributed by atoms with E-state index in [2.05, 4.69) is 20.7 Å². The summed E-state index contributed by atoms with van der Waals surface area (Å²) in [6.07, 6.45) is 1.40. The van der Waals surface area contributed by atoms with Gasteiger partial charge in [0.25, 0.3) is 5.91 Å². The number of benzene rings is 3. The van der Waals surface area contributed by atoms with Gasteiger partial charge >= 0.3 is 0 Å². The van der Waals surface area contributed by atoms with Crippen molar-refractivity contribution in [1.29, 1.82) is 0 Å². The molecule has 0 aromatic heterocycles. The van der Waals surface area contributed by atoms with Crippen LogP contribution >= 0.6 is 34.8 Å². The van der Waals surface area contributed by atoms with Gasteiger partial charge in [0.2, 0.25) is 5.91 Å². The predicted molar refractivity (Wildman–Crippen MR) is 151 cm³/mol. The van der Waals surface area contributed by atoms with Crippen molar-refractivity contribution >= 4 is 58.0 Å².